The standard InChI is InChI=1S/C11H13NO5/c1-4-9(13)7-5-10(16-2)11(17-3)6-8(7)12(14)15/h5-6H,4H2,1-3H3. The first kappa shape index (κ1) is 13.0. The van der Waals surface area contributed by atoms with Crippen molar-refractivity contribution in [3.05, 3.63) is 27.8 Å². The van der Waals surface area contributed by atoms with E-state index in [2.05, 4.69) is 0 Å². The smallest absolute Gasteiger partial charge is 0.284 e. The van der Waals surface area contributed by atoms with Gasteiger partial charge in [-0.05, 0) is 0 Å². The molecule has 6 nitrogen and oxygen atoms in total. The molecule has 1 rings (SSSR count). The molecule has 1 aromatic rings. The van der Waals surface area contributed by atoms with Crippen LogP contribution in [0.3, 0.4) is 0 Å². The fourth-order valence-corrected chi connectivity index (χ4v) is 1.43. The van der Waals surface area contributed by atoms with E-state index in [1.165, 1.54) is 26.4 Å². The summed E-state index contributed by atoms with van der Waals surface area (Å²) in [6.07, 6.45) is 0.191. The third kappa shape index (κ3) is 2.52. The van der Waals surface area contributed by atoms with Crippen LogP contribution in [-0.4, -0.2) is 24.9 Å². The first-order valence-electron chi connectivity index (χ1n) is 4.98. The first-order valence-corrected chi connectivity index (χ1v) is 4.98. The maximum absolute atomic E-state index is 11.6. The summed E-state index contributed by atoms with van der Waals surface area (Å²) in [4.78, 5) is 21.9. The van der Waals surface area contributed by atoms with Gasteiger partial charge in [-0.15, -0.1) is 0 Å². The van der Waals surface area contributed by atoms with Gasteiger partial charge in [0.15, 0.2) is 17.3 Å². The minimum absolute atomic E-state index is 0.0372. The molecular formula is C11H13NO5. The van der Waals surface area contributed by atoms with Gasteiger partial charge in [0.2, 0.25) is 0 Å². The van der Waals surface area contributed by atoms with Gasteiger partial charge >= 0.3 is 0 Å². The SMILES string of the molecule is CCC(=O)c1cc(OC)c(OC)cc1[N+](=O)[O-]. The fourth-order valence-electron chi connectivity index (χ4n) is 1.43. The first-order chi connectivity index (χ1) is 8.04. The van der Waals surface area contributed by atoms with Crippen LogP contribution < -0.4 is 9.47 Å². The average molecular weight is 239 g/mol. The van der Waals surface area contributed by atoms with Crippen LogP contribution in [0.25, 0.3) is 0 Å². The molecule has 0 amide bonds. The highest BCUT2D eigenvalue weighted by Gasteiger charge is 2.23. The molecule has 0 radical (unpaired) electrons. The molecule has 6 heteroatoms. The van der Waals surface area contributed by atoms with Crippen LogP contribution in [-0.2, 0) is 0 Å². The molecule has 0 aliphatic heterocycles. The van der Waals surface area contributed by atoms with E-state index in [4.69, 9.17) is 9.47 Å². The van der Waals surface area contributed by atoms with E-state index >= 15 is 0 Å². The second-order valence-corrected chi connectivity index (χ2v) is 3.26. The molecule has 0 heterocycles. The van der Waals surface area contributed by atoms with Crippen molar-refractivity contribution < 1.29 is 19.2 Å². The lowest BCUT2D eigenvalue weighted by molar-refractivity contribution is -0.385. The molecule has 0 fully saturated rings. The molecule has 0 aliphatic carbocycles. The van der Waals surface area contributed by atoms with E-state index in [0.29, 0.717) is 5.75 Å². The zero-order valence-corrected chi connectivity index (χ0v) is 9.85. The lowest BCUT2D eigenvalue weighted by Crippen LogP contribution is -2.04. The van der Waals surface area contributed by atoms with Gasteiger partial charge < -0.3 is 9.47 Å². The van der Waals surface area contributed by atoms with Crippen LogP contribution in [0.15, 0.2) is 12.1 Å². The summed E-state index contributed by atoms with van der Waals surface area (Å²) < 4.78 is 9.96. The van der Waals surface area contributed by atoms with E-state index in [1.54, 1.807) is 6.92 Å². The molecule has 1 aromatic carbocycles. The highest BCUT2D eigenvalue weighted by Crippen LogP contribution is 2.34. The fraction of sp³-hybridized carbons (Fsp3) is 0.364. The molecule has 0 saturated heterocycles. The van der Waals surface area contributed by atoms with Crippen LogP contribution in [0.5, 0.6) is 11.5 Å². The molecule has 0 atom stereocenters. The number of hydrogen-bond acceptors (Lipinski definition) is 5. The van der Waals surface area contributed by atoms with Crippen LogP contribution in [0.1, 0.15) is 23.7 Å². The summed E-state index contributed by atoms with van der Waals surface area (Å²) in [6.45, 7) is 1.64. The monoisotopic (exact) mass is 239 g/mol. The molecule has 0 N–H and O–H groups in total. The Kier molecular flexibility index (Phi) is 4.03. The minimum atomic E-state index is -0.606. The predicted molar refractivity (Wildman–Crippen MR) is 60.8 cm³/mol. The van der Waals surface area contributed by atoms with Gasteiger partial charge in [-0.25, -0.2) is 0 Å². The number of nitrogens with zero attached hydrogens (tertiary/aromatic N) is 1. The van der Waals surface area contributed by atoms with Crippen molar-refractivity contribution in [3.8, 4) is 11.5 Å². The predicted octanol–water partition coefficient (Wildman–Crippen LogP) is 2.20. The van der Waals surface area contributed by atoms with Gasteiger partial charge in [0.05, 0.1) is 30.8 Å². The number of carbonyl (C=O) groups is 1. The van der Waals surface area contributed by atoms with E-state index in [0.717, 1.165) is 0 Å². The zero-order chi connectivity index (χ0) is 13.0. The third-order valence-electron chi connectivity index (χ3n) is 2.32. The zero-order valence-electron chi connectivity index (χ0n) is 9.85. The summed E-state index contributed by atoms with van der Waals surface area (Å²) in [6, 6.07) is 2.53. The molecular weight excluding hydrogens is 226 g/mol. The number of ketones is 1. The normalized spacial score (nSPS) is 9.82. The van der Waals surface area contributed by atoms with Crippen molar-refractivity contribution >= 4 is 11.5 Å². The Balaban J connectivity index is 3.45. The molecule has 0 aliphatic rings. The van der Waals surface area contributed by atoms with Gasteiger partial charge in [-0.3, -0.25) is 14.9 Å². The van der Waals surface area contributed by atoms with Crippen molar-refractivity contribution in [2.24, 2.45) is 0 Å². The quantitative estimate of drug-likeness (QED) is 0.447. The summed E-state index contributed by atoms with van der Waals surface area (Å²) in [7, 11) is 2.78. The van der Waals surface area contributed by atoms with Gasteiger partial charge in [0.25, 0.3) is 5.69 Å². The van der Waals surface area contributed by atoms with Crippen molar-refractivity contribution in [2.45, 2.75) is 13.3 Å². The van der Waals surface area contributed by atoms with E-state index in [1.807, 2.05) is 0 Å². The Morgan fingerprint density at radius 1 is 1.29 bits per heavy atom. The van der Waals surface area contributed by atoms with Crippen molar-refractivity contribution in [2.75, 3.05) is 14.2 Å². The summed E-state index contributed by atoms with van der Waals surface area (Å²) in [5, 5.41) is 10.9. The number of benzene rings is 1. The number of nitro benzene ring substituents is 1. The van der Waals surface area contributed by atoms with Crippen molar-refractivity contribution in [3.63, 3.8) is 0 Å². The van der Waals surface area contributed by atoms with Crippen LogP contribution >= 0.6 is 0 Å². The van der Waals surface area contributed by atoms with Crippen LogP contribution in [0, 0.1) is 10.1 Å². The lowest BCUT2D eigenvalue weighted by Gasteiger charge is -2.09. The van der Waals surface area contributed by atoms with Crippen molar-refractivity contribution in [1.82, 2.24) is 0 Å². The maximum Gasteiger partial charge on any atom is 0.284 e. The third-order valence-corrected chi connectivity index (χ3v) is 2.32. The van der Waals surface area contributed by atoms with Crippen molar-refractivity contribution in [1.29, 1.82) is 0 Å². The Morgan fingerprint density at radius 3 is 2.24 bits per heavy atom. The van der Waals surface area contributed by atoms with E-state index < -0.39 is 4.92 Å². The van der Waals surface area contributed by atoms with E-state index in [-0.39, 0.29) is 29.2 Å². The summed E-state index contributed by atoms with van der Waals surface area (Å²) >= 11 is 0. The Morgan fingerprint density at radius 2 is 1.82 bits per heavy atom. The summed E-state index contributed by atoms with van der Waals surface area (Å²) in [5.41, 5.74) is -0.232. The Bertz CT molecular complexity index is 455. The minimum Gasteiger partial charge on any atom is -0.493 e. The van der Waals surface area contributed by atoms with E-state index in [9.17, 15) is 14.9 Å². The maximum atomic E-state index is 11.6. The van der Waals surface area contributed by atoms with Crippen LogP contribution in [0.4, 0.5) is 5.69 Å². The molecule has 0 unspecified atom stereocenters. The number of Topliss-reactive ketones (excluding diaryl/α,β-unsaturated/α-hetero) is 1. The lowest BCUT2D eigenvalue weighted by atomic mass is 10.1. The van der Waals surface area contributed by atoms with Gasteiger partial charge in [0, 0.05) is 12.5 Å². The van der Waals surface area contributed by atoms with Gasteiger partial charge in [0.1, 0.15) is 0 Å². The largest absolute Gasteiger partial charge is 0.493 e. The molecule has 0 spiro atoms. The average Bonchev–Trinajstić information content (AvgIpc) is 2.35. The number of methoxy groups -OCH3 is 2. The second kappa shape index (κ2) is 5.29. The number of hydrogen-bond donors (Lipinski definition) is 0. The number of carbonyl (C=O) groups excluding carboxylic acids is 1. The number of ether oxygens (including phenoxy) is 2. The number of rotatable bonds is 5. The highest BCUT2D eigenvalue weighted by molar-refractivity contribution is 6.00. The van der Waals surface area contributed by atoms with Crippen LogP contribution in [0.2, 0.25) is 0 Å². The summed E-state index contributed by atoms with van der Waals surface area (Å²) in [5.74, 6) is 0.222. The topological polar surface area (TPSA) is 78.7 Å². The molecule has 92 valence electrons. The second-order valence-electron chi connectivity index (χ2n) is 3.26. The van der Waals surface area contributed by atoms with Gasteiger partial charge in [-0.2, -0.15) is 0 Å². The highest BCUT2D eigenvalue weighted by atomic mass is 16.6. The molecule has 17 heavy (non-hydrogen) atoms. The molecule has 0 bridgehead atoms. The Labute approximate surface area is 98.3 Å². The Hall–Kier alpha value is -2.11. The number of nitro groups is 1. The molecule has 0 aromatic heterocycles. The molecule has 0 saturated carbocycles. The van der Waals surface area contributed by atoms with Gasteiger partial charge in [-0.1, -0.05) is 6.92 Å².